The Labute approximate surface area is 151 Å². The number of hydrogen-bond acceptors (Lipinski definition) is 5. The Morgan fingerprint density at radius 3 is 2.62 bits per heavy atom. The van der Waals surface area contributed by atoms with Crippen LogP contribution in [0.25, 0.3) is 0 Å². The fourth-order valence-electron chi connectivity index (χ4n) is 2.49. The van der Waals surface area contributed by atoms with E-state index in [9.17, 15) is 19.4 Å². The van der Waals surface area contributed by atoms with Gasteiger partial charge in [0.1, 0.15) is 18.5 Å². The van der Waals surface area contributed by atoms with Crippen LogP contribution in [0.1, 0.15) is 29.2 Å². The largest absolute Gasteiger partial charge is 0.445 e. The van der Waals surface area contributed by atoms with Gasteiger partial charge in [0.15, 0.2) is 0 Å². The third kappa shape index (κ3) is 5.80. The van der Waals surface area contributed by atoms with Crippen molar-refractivity contribution in [2.24, 2.45) is 5.73 Å². The fraction of sp³-hybridized carbons (Fsp3) is 0.316. The van der Waals surface area contributed by atoms with Crippen LogP contribution in [0.4, 0.5) is 9.18 Å². The van der Waals surface area contributed by atoms with Crippen molar-refractivity contribution < 1.29 is 24.1 Å². The van der Waals surface area contributed by atoms with Crippen molar-refractivity contribution in [3.63, 3.8) is 0 Å². The lowest BCUT2D eigenvalue weighted by Crippen LogP contribution is -2.30. The molecule has 0 saturated heterocycles. The normalized spacial score (nSPS) is 13.1. The van der Waals surface area contributed by atoms with Crippen LogP contribution < -0.4 is 11.1 Å². The van der Waals surface area contributed by atoms with E-state index >= 15 is 0 Å². The number of rotatable bonds is 8. The molecule has 2 aromatic rings. The summed E-state index contributed by atoms with van der Waals surface area (Å²) in [7, 11) is 0. The van der Waals surface area contributed by atoms with E-state index in [1.165, 1.54) is 12.1 Å². The van der Waals surface area contributed by atoms with Gasteiger partial charge in [-0.05, 0) is 35.2 Å². The van der Waals surface area contributed by atoms with Gasteiger partial charge in [-0.15, -0.1) is 0 Å². The van der Waals surface area contributed by atoms with Crippen LogP contribution in [-0.4, -0.2) is 29.0 Å². The van der Waals surface area contributed by atoms with Crippen molar-refractivity contribution in [3.05, 3.63) is 71.0 Å². The highest BCUT2D eigenvalue weighted by Gasteiger charge is 2.21. The number of aliphatic hydroxyl groups is 2. The first-order valence-corrected chi connectivity index (χ1v) is 8.30. The lowest BCUT2D eigenvalue weighted by molar-refractivity contribution is 0.0130. The number of nitrogens with two attached hydrogens (primary N) is 1. The van der Waals surface area contributed by atoms with Gasteiger partial charge in [-0.3, -0.25) is 0 Å². The van der Waals surface area contributed by atoms with Gasteiger partial charge >= 0.3 is 6.09 Å². The summed E-state index contributed by atoms with van der Waals surface area (Å²) in [4.78, 5) is 11.6. The molecule has 0 radical (unpaired) electrons. The lowest BCUT2D eigenvalue weighted by atomic mass is 9.97. The van der Waals surface area contributed by atoms with Gasteiger partial charge in [0.2, 0.25) is 0 Å². The van der Waals surface area contributed by atoms with Crippen LogP contribution in [-0.2, 0) is 17.9 Å². The highest BCUT2D eigenvalue weighted by atomic mass is 19.1. The van der Waals surface area contributed by atoms with Crippen LogP contribution in [0.15, 0.2) is 48.5 Å². The Kier molecular flexibility index (Phi) is 7.53. The third-order valence-corrected chi connectivity index (χ3v) is 3.93. The minimum Gasteiger partial charge on any atom is -0.445 e. The molecule has 6 nitrogen and oxygen atoms in total. The molecule has 0 aliphatic heterocycles. The van der Waals surface area contributed by atoms with Crippen LogP contribution in [0.2, 0.25) is 0 Å². The summed E-state index contributed by atoms with van der Waals surface area (Å²) in [5, 5.41) is 22.8. The van der Waals surface area contributed by atoms with E-state index in [0.29, 0.717) is 5.56 Å². The second-order valence-electron chi connectivity index (χ2n) is 5.84. The summed E-state index contributed by atoms with van der Waals surface area (Å²) in [6, 6.07) is 13.1. The Hall–Kier alpha value is -2.48. The fourth-order valence-corrected chi connectivity index (χ4v) is 2.49. The molecule has 2 atom stereocenters. The van der Waals surface area contributed by atoms with Crippen molar-refractivity contribution in [2.75, 3.05) is 6.54 Å². The second kappa shape index (κ2) is 9.86. The molecule has 26 heavy (non-hydrogen) atoms. The number of ether oxygens (including phenoxy) is 1. The zero-order chi connectivity index (χ0) is 18.9. The summed E-state index contributed by atoms with van der Waals surface area (Å²) in [6.45, 7) is 0.351. The van der Waals surface area contributed by atoms with Gasteiger partial charge in [-0.1, -0.05) is 36.4 Å². The van der Waals surface area contributed by atoms with E-state index in [4.69, 9.17) is 10.5 Å². The number of carbonyl (C=O) groups excluding carboxylic acids is 1. The quantitative estimate of drug-likeness (QED) is 0.575. The maximum absolute atomic E-state index is 13.4. The summed E-state index contributed by atoms with van der Waals surface area (Å²) >= 11 is 0. The Morgan fingerprint density at radius 2 is 1.92 bits per heavy atom. The van der Waals surface area contributed by atoms with Crippen LogP contribution in [0.5, 0.6) is 0 Å². The number of aliphatic hydroxyl groups excluding tert-OH is 2. The molecule has 0 heterocycles. The molecule has 1 amide bonds. The minimum atomic E-state index is -1.30. The average Bonchev–Trinajstić information content (AvgIpc) is 2.66. The molecule has 0 saturated carbocycles. The molecule has 0 fully saturated rings. The Bertz CT molecular complexity index is 712. The molecule has 5 N–H and O–H groups in total. The van der Waals surface area contributed by atoms with Gasteiger partial charge in [-0.25, -0.2) is 9.18 Å². The van der Waals surface area contributed by atoms with E-state index in [1.807, 2.05) is 30.3 Å². The maximum Gasteiger partial charge on any atom is 0.407 e. The average molecular weight is 362 g/mol. The zero-order valence-corrected chi connectivity index (χ0v) is 14.3. The van der Waals surface area contributed by atoms with E-state index < -0.39 is 24.1 Å². The van der Waals surface area contributed by atoms with Crippen molar-refractivity contribution >= 4 is 6.09 Å². The molecule has 0 aromatic heterocycles. The van der Waals surface area contributed by atoms with E-state index in [0.717, 1.165) is 11.6 Å². The topological polar surface area (TPSA) is 105 Å². The summed E-state index contributed by atoms with van der Waals surface area (Å²) in [5.74, 6) is -0.522. The van der Waals surface area contributed by atoms with Gasteiger partial charge < -0.3 is 26.0 Å². The van der Waals surface area contributed by atoms with Crippen molar-refractivity contribution in [3.8, 4) is 0 Å². The van der Waals surface area contributed by atoms with Crippen molar-refractivity contribution in [1.82, 2.24) is 5.32 Å². The standard InChI is InChI=1S/C19H23FN2O4/c20-15-7-6-14(11-21)16(10-15)18(24)17(23)8-9-22-19(25)26-12-13-4-2-1-3-5-13/h1-7,10,17-18,23-24H,8-9,11-12,21H2,(H,22,25). The lowest BCUT2D eigenvalue weighted by Gasteiger charge is -2.20. The van der Waals surface area contributed by atoms with Gasteiger partial charge in [0.05, 0.1) is 6.10 Å². The molecular formula is C19H23FN2O4. The van der Waals surface area contributed by atoms with Gasteiger partial charge in [0.25, 0.3) is 0 Å². The predicted octanol–water partition coefficient (Wildman–Crippen LogP) is 2.00. The SMILES string of the molecule is NCc1ccc(F)cc1C(O)C(O)CCNC(=O)OCc1ccccc1. The number of alkyl carbamates (subject to hydrolysis) is 1. The summed E-state index contributed by atoms with van der Waals surface area (Å²) < 4.78 is 18.4. The van der Waals surface area contributed by atoms with Crippen molar-refractivity contribution in [2.45, 2.75) is 31.8 Å². The smallest absolute Gasteiger partial charge is 0.407 e. The zero-order valence-electron chi connectivity index (χ0n) is 14.3. The predicted molar refractivity (Wildman–Crippen MR) is 94.5 cm³/mol. The highest BCUT2D eigenvalue weighted by molar-refractivity contribution is 5.67. The van der Waals surface area contributed by atoms with Gasteiger partial charge in [-0.2, -0.15) is 0 Å². The molecule has 0 spiro atoms. The number of nitrogens with one attached hydrogen (secondary N) is 1. The monoisotopic (exact) mass is 362 g/mol. The molecule has 0 aliphatic rings. The second-order valence-corrected chi connectivity index (χ2v) is 5.84. The van der Waals surface area contributed by atoms with E-state index in [2.05, 4.69) is 5.32 Å². The Balaban J connectivity index is 1.78. The molecule has 2 rings (SSSR count). The van der Waals surface area contributed by atoms with Crippen LogP contribution in [0.3, 0.4) is 0 Å². The van der Waals surface area contributed by atoms with Gasteiger partial charge in [0, 0.05) is 13.1 Å². The first-order chi connectivity index (χ1) is 12.5. The summed E-state index contributed by atoms with van der Waals surface area (Å²) in [5.41, 5.74) is 7.22. The molecule has 2 unspecified atom stereocenters. The molecule has 7 heteroatoms. The highest BCUT2D eigenvalue weighted by Crippen LogP contribution is 2.23. The number of halogens is 1. The minimum absolute atomic E-state index is 0.0716. The number of amides is 1. The number of benzene rings is 2. The number of hydrogen-bond donors (Lipinski definition) is 4. The van der Waals surface area contributed by atoms with E-state index in [1.54, 1.807) is 0 Å². The third-order valence-electron chi connectivity index (χ3n) is 3.93. The van der Waals surface area contributed by atoms with Crippen molar-refractivity contribution in [1.29, 1.82) is 0 Å². The number of carbonyl (C=O) groups is 1. The molecular weight excluding hydrogens is 339 g/mol. The summed E-state index contributed by atoms with van der Waals surface area (Å²) in [6.07, 6.45) is -3.03. The first-order valence-electron chi connectivity index (χ1n) is 8.30. The molecule has 2 aromatic carbocycles. The maximum atomic E-state index is 13.4. The Morgan fingerprint density at radius 1 is 1.19 bits per heavy atom. The molecule has 140 valence electrons. The van der Waals surface area contributed by atoms with E-state index in [-0.39, 0.29) is 31.7 Å². The molecule has 0 bridgehead atoms. The van der Waals surface area contributed by atoms with Crippen LogP contribution >= 0.6 is 0 Å². The van der Waals surface area contributed by atoms with Crippen LogP contribution in [0, 0.1) is 5.82 Å². The molecule has 0 aliphatic carbocycles. The first kappa shape index (κ1) is 19.8.